The number of likely N-dealkylation sites (tertiary alicyclic amines) is 1. The molecule has 1 aromatic carbocycles. The summed E-state index contributed by atoms with van der Waals surface area (Å²) in [6, 6.07) is 2.36. The predicted molar refractivity (Wildman–Crippen MR) is 69.3 cm³/mol. The Morgan fingerprint density at radius 3 is 2.95 bits per heavy atom. The van der Waals surface area contributed by atoms with E-state index in [9.17, 15) is 18.7 Å². The van der Waals surface area contributed by atoms with Gasteiger partial charge in [0.2, 0.25) is 5.91 Å². The van der Waals surface area contributed by atoms with Crippen molar-refractivity contribution in [3.8, 4) is 0 Å². The molecule has 1 saturated heterocycles. The van der Waals surface area contributed by atoms with Gasteiger partial charge in [-0.2, -0.15) is 0 Å². The first-order valence-corrected chi connectivity index (χ1v) is 6.68. The average molecular weight is 309 g/mol. The second kappa shape index (κ2) is 5.76. The van der Waals surface area contributed by atoms with Gasteiger partial charge in [-0.25, -0.2) is 13.5 Å². The summed E-state index contributed by atoms with van der Waals surface area (Å²) >= 11 is 0. The van der Waals surface area contributed by atoms with Crippen LogP contribution in [0, 0.1) is 11.6 Å². The van der Waals surface area contributed by atoms with Crippen LogP contribution in [-0.2, 0) is 11.3 Å². The molecular formula is C13H13F2N5O2. The van der Waals surface area contributed by atoms with Crippen LogP contribution in [0.4, 0.5) is 8.78 Å². The Kier molecular flexibility index (Phi) is 3.80. The van der Waals surface area contributed by atoms with Crippen LogP contribution in [0.2, 0.25) is 0 Å². The number of halogens is 2. The molecule has 0 radical (unpaired) electrons. The molecule has 0 saturated carbocycles. The van der Waals surface area contributed by atoms with Crippen molar-refractivity contribution in [2.45, 2.75) is 25.1 Å². The maximum absolute atomic E-state index is 13.9. The number of β-amino-alcohol motifs (C(OH)–C–C–N with tert-alkyl or cyclic N) is 1. The van der Waals surface area contributed by atoms with Gasteiger partial charge in [-0.15, -0.1) is 5.10 Å². The van der Waals surface area contributed by atoms with E-state index >= 15 is 0 Å². The highest BCUT2D eigenvalue weighted by molar-refractivity contribution is 5.77. The number of aliphatic hydroxyl groups excluding tert-OH is 1. The molecule has 0 aliphatic carbocycles. The van der Waals surface area contributed by atoms with Gasteiger partial charge in [0.25, 0.3) is 0 Å². The van der Waals surface area contributed by atoms with E-state index in [0.717, 1.165) is 18.2 Å². The van der Waals surface area contributed by atoms with Crippen LogP contribution in [-0.4, -0.2) is 48.8 Å². The normalized spacial score (nSPS) is 21.3. The van der Waals surface area contributed by atoms with Crippen LogP contribution < -0.4 is 0 Å². The Morgan fingerprint density at radius 1 is 1.41 bits per heavy atom. The van der Waals surface area contributed by atoms with Crippen LogP contribution in [0.15, 0.2) is 24.5 Å². The minimum atomic E-state index is -0.787. The molecule has 0 unspecified atom stereocenters. The molecule has 1 fully saturated rings. The van der Waals surface area contributed by atoms with E-state index in [2.05, 4.69) is 15.5 Å². The lowest BCUT2D eigenvalue weighted by Crippen LogP contribution is -2.35. The van der Waals surface area contributed by atoms with Crippen molar-refractivity contribution < 1.29 is 18.7 Å². The first kappa shape index (κ1) is 14.5. The first-order valence-electron chi connectivity index (χ1n) is 6.68. The monoisotopic (exact) mass is 309 g/mol. The van der Waals surface area contributed by atoms with Gasteiger partial charge in [0.15, 0.2) is 0 Å². The molecule has 116 valence electrons. The number of hydrogen-bond donors (Lipinski definition) is 1. The second-order valence-electron chi connectivity index (χ2n) is 5.12. The number of amides is 1. The van der Waals surface area contributed by atoms with Crippen molar-refractivity contribution in [1.29, 1.82) is 0 Å². The Balaban J connectivity index is 1.85. The third-order valence-electron chi connectivity index (χ3n) is 3.61. The lowest BCUT2D eigenvalue weighted by molar-refractivity contribution is -0.133. The Hall–Kier alpha value is -2.42. The van der Waals surface area contributed by atoms with Crippen LogP contribution >= 0.6 is 0 Å². The van der Waals surface area contributed by atoms with E-state index in [1.807, 2.05) is 0 Å². The Bertz CT molecular complexity index is 679. The molecule has 2 atom stereocenters. The van der Waals surface area contributed by atoms with Gasteiger partial charge in [0.1, 0.15) is 24.5 Å². The minimum absolute atomic E-state index is 0.0571. The van der Waals surface area contributed by atoms with Gasteiger partial charge in [-0.05, 0) is 35.0 Å². The molecule has 1 aliphatic rings. The van der Waals surface area contributed by atoms with Crippen LogP contribution in [0.3, 0.4) is 0 Å². The zero-order chi connectivity index (χ0) is 15.7. The lowest BCUT2D eigenvalue weighted by atomic mass is 10.0. The molecule has 0 spiro atoms. The topological polar surface area (TPSA) is 84.1 Å². The van der Waals surface area contributed by atoms with E-state index < -0.39 is 23.8 Å². The summed E-state index contributed by atoms with van der Waals surface area (Å²) in [4.78, 5) is 13.6. The number of hydrogen-bond acceptors (Lipinski definition) is 5. The van der Waals surface area contributed by atoms with Crippen LogP contribution in [0.5, 0.6) is 0 Å². The van der Waals surface area contributed by atoms with Crippen molar-refractivity contribution in [2.24, 2.45) is 0 Å². The molecule has 0 bridgehead atoms. The van der Waals surface area contributed by atoms with Crippen molar-refractivity contribution in [2.75, 3.05) is 6.54 Å². The van der Waals surface area contributed by atoms with Gasteiger partial charge < -0.3 is 10.0 Å². The van der Waals surface area contributed by atoms with Gasteiger partial charge in [0, 0.05) is 12.1 Å². The third kappa shape index (κ3) is 2.80. The summed E-state index contributed by atoms with van der Waals surface area (Å²) in [7, 11) is 0. The third-order valence-corrected chi connectivity index (χ3v) is 3.61. The lowest BCUT2D eigenvalue weighted by Gasteiger charge is -2.25. The fraction of sp³-hybridized carbons (Fsp3) is 0.385. The average Bonchev–Trinajstić information content (AvgIpc) is 3.11. The van der Waals surface area contributed by atoms with Crippen molar-refractivity contribution in [3.63, 3.8) is 0 Å². The zero-order valence-corrected chi connectivity index (χ0v) is 11.4. The summed E-state index contributed by atoms with van der Waals surface area (Å²) in [6.45, 7) is -0.0747. The quantitative estimate of drug-likeness (QED) is 0.881. The van der Waals surface area contributed by atoms with Crippen molar-refractivity contribution in [1.82, 2.24) is 25.1 Å². The van der Waals surface area contributed by atoms with Gasteiger partial charge in [-0.1, -0.05) is 0 Å². The molecule has 1 amide bonds. The zero-order valence-electron chi connectivity index (χ0n) is 11.4. The van der Waals surface area contributed by atoms with Gasteiger partial charge in [-0.3, -0.25) is 4.79 Å². The molecule has 9 heteroatoms. The van der Waals surface area contributed by atoms with E-state index in [1.54, 1.807) is 0 Å². The number of carbonyl (C=O) groups is 1. The molecule has 1 aromatic heterocycles. The highest BCUT2D eigenvalue weighted by atomic mass is 19.1. The van der Waals surface area contributed by atoms with E-state index in [4.69, 9.17) is 0 Å². The molecule has 1 aliphatic heterocycles. The maximum Gasteiger partial charge on any atom is 0.245 e. The summed E-state index contributed by atoms with van der Waals surface area (Å²) in [5.41, 5.74) is 0.0571. The van der Waals surface area contributed by atoms with Crippen LogP contribution in [0.1, 0.15) is 18.0 Å². The van der Waals surface area contributed by atoms with Crippen molar-refractivity contribution >= 4 is 5.91 Å². The van der Waals surface area contributed by atoms with Gasteiger partial charge >= 0.3 is 0 Å². The SMILES string of the molecule is O=C(Cn1cnnn1)N1C[C@H](O)C[C@H]1c1cc(F)ccc1F. The van der Waals surface area contributed by atoms with E-state index in [1.165, 1.54) is 15.9 Å². The number of aromatic nitrogens is 4. The number of carbonyl (C=O) groups excluding carboxylic acids is 1. The summed E-state index contributed by atoms with van der Waals surface area (Å²) in [6.07, 6.45) is 0.648. The van der Waals surface area contributed by atoms with E-state index in [-0.39, 0.29) is 31.0 Å². The fourth-order valence-corrected chi connectivity index (χ4v) is 2.64. The number of tetrazole rings is 1. The molecule has 7 nitrogen and oxygen atoms in total. The molecular weight excluding hydrogens is 296 g/mol. The Morgan fingerprint density at radius 2 is 2.23 bits per heavy atom. The smallest absolute Gasteiger partial charge is 0.245 e. The highest BCUT2D eigenvalue weighted by Crippen LogP contribution is 2.34. The second-order valence-corrected chi connectivity index (χ2v) is 5.12. The van der Waals surface area contributed by atoms with Gasteiger partial charge in [0.05, 0.1) is 12.1 Å². The molecule has 2 aromatic rings. The fourth-order valence-electron chi connectivity index (χ4n) is 2.64. The summed E-state index contributed by atoms with van der Waals surface area (Å²) < 4.78 is 28.5. The number of rotatable bonds is 3. The first-order chi connectivity index (χ1) is 10.5. The molecule has 22 heavy (non-hydrogen) atoms. The molecule has 2 heterocycles. The predicted octanol–water partition coefficient (Wildman–Crippen LogP) is 0.286. The maximum atomic E-state index is 13.9. The highest BCUT2D eigenvalue weighted by Gasteiger charge is 2.36. The standard InChI is InChI=1S/C13H13F2N5O2/c14-8-1-2-11(15)10(3-8)12-4-9(21)5-20(12)13(22)6-19-7-16-17-18-19/h1-3,7,9,12,21H,4-6H2/t9-,12+/m1/s1. The Labute approximate surface area is 124 Å². The minimum Gasteiger partial charge on any atom is -0.391 e. The number of benzene rings is 1. The summed E-state index contributed by atoms with van der Waals surface area (Å²) in [5, 5.41) is 20.2. The molecule has 1 N–H and O–H groups in total. The number of aliphatic hydroxyl groups is 1. The van der Waals surface area contributed by atoms with E-state index in [0.29, 0.717) is 0 Å². The molecule has 3 rings (SSSR count). The summed E-state index contributed by atoms with van der Waals surface area (Å²) in [5.74, 6) is -1.58. The van der Waals surface area contributed by atoms with Crippen LogP contribution in [0.25, 0.3) is 0 Å². The largest absolute Gasteiger partial charge is 0.391 e. The number of nitrogens with zero attached hydrogens (tertiary/aromatic N) is 5. The van der Waals surface area contributed by atoms with Crippen molar-refractivity contribution in [3.05, 3.63) is 41.7 Å².